The number of pyridine rings is 1. The molecule has 106 valence electrons. The molecule has 0 aromatic carbocycles. The van der Waals surface area contributed by atoms with Crippen LogP contribution in [0.25, 0.3) is 5.82 Å². The molecule has 3 aromatic heterocycles. The lowest BCUT2D eigenvalue weighted by Crippen LogP contribution is -2.00. The molecule has 7 heteroatoms. The van der Waals surface area contributed by atoms with Gasteiger partial charge in [-0.15, -0.1) is 5.10 Å². The van der Waals surface area contributed by atoms with E-state index in [-0.39, 0.29) is 6.61 Å². The fraction of sp³-hybridized carbons (Fsp3) is 0.214. The average Bonchev–Trinajstić information content (AvgIpc) is 2.96. The second-order valence-electron chi connectivity index (χ2n) is 4.68. The molecule has 0 N–H and O–H groups in total. The van der Waals surface area contributed by atoms with Crippen LogP contribution in [0.4, 0.5) is 0 Å². The van der Waals surface area contributed by atoms with Crippen molar-refractivity contribution in [3.8, 4) is 11.8 Å². The van der Waals surface area contributed by atoms with Gasteiger partial charge in [0.25, 0.3) is 0 Å². The highest BCUT2D eigenvalue weighted by atomic mass is 16.5. The van der Waals surface area contributed by atoms with E-state index in [0.717, 1.165) is 11.1 Å². The van der Waals surface area contributed by atoms with Gasteiger partial charge in [0.2, 0.25) is 0 Å². The van der Waals surface area contributed by atoms with E-state index < -0.39 is 0 Å². The molecule has 0 amide bonds. The number of ether oxygens (including phenoxy) is 1. The first kappa shape index (κ1) is 13.2. The van der Waals surface area contributed by atoms with E-state index in [1.807, 2.05) is 26.0 Å². The highest BCUT2D eigenvalue weighted by Gasteiger charge is 2.05. The van der Waals surface area contributed by atoms with E-state index in [9.17, 15) is 0 Å². The largest absolute Gasteiger partial charge is 0.457 e. The summed E-state index contributed by atoms with van der Waals surface area (Å²) in [6, 6.07) is 4.18. The van der Waals surface area contributed by atoms with Crippen LogP contribution in [0.2, 0.25) is 0 Å². The molecular formula is C14H14N6O. The van der Waals surface area contributed by atoms with Crippen LogP contribution in [-0.2, 0) is 6.61 Å². The molecule has 0 bridgehead atoms. The lowest BCUT2D eigenvalue weighted by atomic mass is 10.3. The number of hydrogen-bond acceptors (Lipinski definition) is 6. The molecule has 21 heavy (non-hydrogen) atoms. The molecule has 7 nitrogen and oxygen atoms in total. The summed E-state index contributed by atoms with van der Waals surface area (Å²) in [5, 5.41) is 8.07. The van der Waals surface area contributed by atoms with Crippen LogP contribution in [0.1, 0.15) is 16.8 Å². The zero-order valence-electron chi connectivity index (χ0n) is 11.8. The predicted molar refractivity (Wildman–Crippen MR) is 75.0 cm³/mol. The number of nitrogens with zero attached hydrogens (tertiary/aromatic N) is 6. The maximum absolute atomic E-state index is 5.46. The van der Waals surface area contributed by atoms with Gasteiger partial charge < -0.3 is 4.74 Å². The van der Waals surface area contributed by atoms with E-state index in [2.05, 4.69) is 25.3 Å². The van der Waals surface area contributed by atoms with Crippen molar-refractivity contribution in [2.45, 2.75) is 20.5 Å². The van der Waals surface area contributed by atoms with Crippen LogP contribution in [0.5, 0.6) is 6.01 Å². The van der Waals surface area contributed by atoms with Crippen molar-refractivity contribution in [2.75, 3.05) is 0 Å². The minimum Gasteiger partial charge on any atom is -0.457 e. The molecule has 3 heterocycles. The molecule has 0 saturated heterocycles. The molecule has 0 aliphatic heterocycles. The summed E-state index contributed by atoms with van der Waals surface area (Å²) in [6.45, 7) is 4.16. The smallest absolute Gasteiger partial charge is 0.316 e. The van der Waals surface area contributed by atoms with E-state index in [1.165, 1.54) is 0 Å². The van der Waals surface area contributed by atoms with Crippen LogP contribution in [0.15, 0.2) is 36.9 Å². The molecule has 0 fully saturated rings. The molecule has 0 saturated carbocycles. The summed E-state index contributed by atoms with van der Waals surface area (Å²) in [5.74, 6) is 0.714. The Bertz CT molecular complexity index is 720. The van der Waals surface area contributed by atoms with Gasteiger partial charge in [0.05, 0.1) is 6.20 Å². The molecule has 3 rings (SSSR count). The lowest BCUT2D eigenvalue weighted by Gasteiger charge is -2.01. The topological polar surface area (TPSA) is 78.6 Å². The third kappa shape index (κ3) is 3.19. The van der Waals surface area contributed by atoms with Crippen molar-refractivity contribution >= 4 is 0 Å². The third-order valence-corrected chi connectivity index (χ3v) is 2.78. The summed E-state index contributed by atoms with van der Waals surface area (Å²) in [5.41, 5.74) is 2.76. The zero-order chi connectivity index (χ0) is 14.7. The molecular weight excluding hydrogens is 268 g/mol. The third-order valence-electron chi connectivity index (χ3n) is 2.78. The molecule has 0 spiro atoms. The highest BCUT2D eigenvalue weighted by Crippen LogP contribution is 2.07. The molecule has 3 aromatic rings. The van der Waals surface area contributed by atoms with Crippen molar-refractivity contribution in [1.29, 1.82) is 0 Å². The quantitative estimate of drug-likeness (QED) is 0.724. The number of aryl methyl sites for hydroxylation is 2. The van der Waals surface area contributed by atoms with Gasteiger partial charge in [0.15, 0.2) is 5.82 Å². The number of aromatic nitrogens is 6. The second-order valence-corrected chi connectivity index (χ2v) is 4.68. The molecule has 0 aliphatic carbocycles. The zero-order valence-corrected chi connectivity index (χ0v) is 11.8. The van der Waals surface area contributed by atoms with Crippen molar-refractivity contribution < 1.29 is 4.74 Å². The van der Waals surface area contributed by atoms with Crippen LogP contribution in [0, 0.1) is 13.8 Å². The Labute approximate surface area is 121 Å². The van der Waals surface area contributed by atoms with E-state index in [1.54, 1.807) is 29.5 Å². The minimum absolute atomic E-state index is 0.259. The summed E-state index contributed by atoms with van der Waals surface area (Å²) in [6.07, 6.45) is 6.96. The standard InChI is InChI=1S/C14H14N6O/c1-10-3-4-13(15-5-10)20-8-12(18-19-20)9-21-14-16-6-11(2)7-17-14/h3-8H,9H2,1-2H3. The summed E-state index contributed by atoms with van der Waals surface area (Å²) in [7, 11) is 0. The Hall–Kier alpha value is -2.83. The second kappa shape index (κ2) is 5.66. The van der Waals surface area contributed by atoms with Crippen LogP contribution in [-0.4, -0.2) is 29.9 Å². The fourth-order valence-corrected chi connectivity index (χ4v) is 1.67. The monoisotopic (exact) mass is 282 g/mol. The Morgan fingerprint density at radius 3 is 2.48 bits per heavy atom. The predicted octanol–water partition coefficient (Wildman–Crippen LogP) is 1.65. The summed E-state index contributed by atoms with van der Waals surface area (Å²) < 4.78 is 7.06. The molecule has 0 radical (unpaired) electrons. The number of rotatable bonds is 4. The Morgan fingerprint density at radius 2 is 1.76 bits per heavy atom. The SMILES string of the molecule is Cc1ccc(-n2cc(COc3ncc(C)cn3)nn2)nc1. The van der Waals surface area contributed by atoms with Crippen LogP contribution < -0.4 is 4.74 Å². The first-order valence-electron chi connectivity index (χ1n) is 6.46. The van der Waals surface area contributed by atoms with Crippen molar-refractivity contribution in [3.05, 3.63) is 53.7 Å². The van der Waals surface area contributed by atoms with Gasteiger partial charge >= 0.3 is 6.01 Å². The first-order valence-corrected chi connectivity index (χ1v) is 6.46. The summed E-state index contributed by atoms with van der Waals surface area (Å²) in [4.78, 5) is 12.4. The van der Waals surface area contributed by atoms with E-state index in [4.69, 9.17) is 4.74 Å². The number of hydrogen-bond donors (Lipinski definition) is 0. The molecule has 0 aliphatic rings. The Kier molecular flexibility index (Phi) is 3.55. The van der Waals surface area contributed by atoms with Gasteiger partial charge in [-0.2, -0.15) is 0 Å². The van der Waals surface area contributed by atoms with Crippen LogP contribution >= 0.6 is 0 Å². The van der Waals surface area contributed by atoms with Gasteiger partial charge in [0, 0.05) is 18.6 Å². The molecule has 0 atom stereocenters. The Morgan fingerprint density at radius 1 is 1.00 bits per heavy atom. The van der Waals surface area contributed by atoms with E-state index in [0.29, 0.717) is 17.5 Å². The van der Waals surface area contributed by atoms with Gasteiger partial charge in [0.1, 0.15) is 12.3 Å². The molecule has 0 unspecified atom stereocenters. The Balaban J connectivity index is 1.67. The fourth-order valence-electron chi connectivity index (χ4n) is 1.67. The lowest BCUT2D eigenvalue weighted by molar-refractivity contribution is 0.276. The van der Waals surface area contributed by atoms with Crippen LogP contribution in [0.3, 0.4) is 0 Å². The maximum Gasteiger partial charge on any atom is 0.316 e. The van der Waals surface area contributed by atoms with Gasteiger partial charge in [-0.05, 0) is 31.0 Å². The van der Waals surface area contributed by atoms with Crippen molar-refractivity contribution in [2.24, 2.45) is 0 Å². The van der Waals surface area contributed by atoms with Crippen molar-refractivity contribution in [1.82, 2.24) is 29.9 Å². The maximum atomic E-state index is 5.46. The minimum atomic E-state index is 0.259. The van der Waals surface area contributed by atoms with Gasteiger partial charge in [-0.25, -0.2) is 19.6 Å². The highest BCUT2D eigenvalue weighted by molar-refractivity contribution is 5.23. The van der Waals surface area contributed by atoms with E-state index >= 15 is 0 Å². The normalized spacial score (nSPS) is 10.6. The van der Waals surface area contributed by atoms with Gasteiger partial charge in [-0.3, -0.25) is 0 Å². The first-order chi connectivity index (χ1) is 10.2. The van der Waals surface area contributed by atoms with Gasteiger partial charge in [-0.1, -0.05) is 11.3 Å². The van der Waals surface area contributed by atoms with Crippen molar-refractivity contribution in [3.63, 3.8) is 0 Å². The average molecular weight is 282 g/mol. The summed E-state index contributed by atoms with van der Waals surface area (Å²) >= 11 is 0.